The minimum Gasteiger partial charge on any atom is -0.487 e. The quantitative estimate of drug-likeness (QED) is 0.755. The van der Waals surface area contributed by atoms with Gasteiger partial charge in [-0.1, -0.05) is 12.1 Å². The molecule has 1 amide bonds. The topological polar surface area (TPSA) is 72.9 Å². The average Bonchev–Trinajstić information content (AvgIpc) is 3.15. The Morgan fingerprint density at radius 3 is 2.81 bits per heavy atom. The number of amides is 1. The maximum Gasteiger partial charge on any atom is 0.253 e. The number of piperidine rings is 1. The molecule has 0 aliphatic carbocycles. The van der Waals surface area contributed by atoms with Gasteiger partial charge in [0.15, 0.2) is 0 Å². The standard InChI is InChI=1S/C21H24N4O2/c22-13-16-7-10-24(11-8-16)21(26)17-4-3-5-19(12-17)27-15-18-14-25-9-2-1-6-20(25)23-18/h1-6,9,12,14,16H,7-8,10-11,13,15,22H2. The summed E-state index contributed by atoms with van der Waals surface area (Å²) in [6.07, 6.45) is 5.86. The van der Waals surface area contributed by atoms with Gasteiger partial charge in [0.05, 0.1) is 5.69 Å². The number of rotatable bonds is 5. The van der Waals surface area contributed by atoms with Crippen LogP contribution in [0.25, 0.3) is 5.65 Å². The Labute approximate surface area is 158 Å². The van der Waals surface area contributed by atoms with E-state index in [4.69, 9.17) is 10.5 Å². The second-order valence-electron chi connectivity index (χ2n) is 6.99. The van der Waals surface area contributed by atoms with Gasteiger partial charge in [-0.3, -0.25) is 4.79 Å². The minimum absolute atomic E-state index is 0.0589. The summed E-state index contributed by atoms with van der Waals surface area (Å²) in [5.41, 5.74) is 8.13. The van der Waals surface area contributed by atoms with Crippen LogP contribution >= 0.6 is 0 Å². The number of benzene rings is 1. The second-order valence-corrected chi connectivity index (χ2v) is 6.99. The highest BCUT2D eigenvalue weighted by Crippen LogP contribution is 2.21. The molecule has 0 atom stereocenters. The number of imidazole rings is 1. The molecule has 3 heterocycles. The van der Waals surface area contributed by atoms with Crippen LogP contribution in [0.3, 0.4) is 0 Å². The SMILES string of the molecule is NCC1CCN(C(=O)c2cccc(OCc3cn4ccccc4n3)c2)CC1. The van der Waals surface area contributed by atoms with Crippen molar-refractivity contribution in [2.24, 2.45) is 11.7 Å². The Balaban J connectivity index is 1.40. The highest BCUT2D eigenvalue weighted by Gasteiger charge is 2.23. The molecule has 1 fully saturated rings. The summed E-state index contributed by atoms with van der Waals surface area (Å²) in [5, 5.41) is 0. The lowest BCUT2D eigenvalue weighted by Gasteiger charge is -2.31. The van der Waals surface area contributed by atoms with E-state index in [1.165, 1.54) is 0 Å². The molecule has 1 saturated heterocycles. The van der Waals surface area contributed by atoms with E-state index in [-0.39, 0.29) is 5.91 Å². The first-order valence-electron chi connectivity index (χ1n) is 9.38. The number of nitrogens with zero attached hydrogens (tertiary/aromatic N) is 3. The molecule has 0 unspecified atom stereocenters. The molecule has 4 rings (SSSR count). The maximum atomic E-state index is 12.8. The summed E-state index contributed by atoms with van der Waals surface area (Å²) in [7, 11) is 0. The lowest BCUT2D eigenvalue weighted by atomic mass is 9.96. The van der Waals surface area contributed by atoms with E-state index in [9.17, 15) is 4.79 Å². The molecule has 0 saturated carbocycles. The van der Waals surface area contributed by atoms with Crippen LogP contribution in [0.5, 0.6) is 5.75 Å². The number of carbonyl (C=O) groups excluding carboxylic acids is 1. The van der Waals surface area contributed by atoms with Crippen LogP contribution in [-0.4, -0.2) is 39.8 Å². The van der Waals surface area contributed by atoms with Gasteiger partial charge in [-0.05, 0) is 55.6 Å². The minimum atomic E-state index is 0.0589. The summed E-state index contributed by atoms with van der Waals surface area (Å²) < 4.78 is 7.83. The first-order chi connectivity index (χ1) is 13.2. The van der Waals surface area contributed by atoms with E-state index in [2.05, 4.69) is 4.98 Å². The van der Waals surface area contributed by atoms with Gasteiger partial charge >= 0.3 is 0 Å². The number of fused-ring (bicyclic) bond motifs is 1. The van der Waals surface area contributed by atoms with Crippen molar-refractivity contribution in [2.45, 2.75) is 19.4 Å². The lowest BCUT2D eigenvalue weighted by molar-refractivity contribution is 0.0693. The highest BCUT2D eigenvalue weighted by molar-refractivity contribution is 5.94. The van der Waals surface area contributed by atoms with Gasteiger partial charge in [-0.25, -0.2) is 4.98 Å². The third kappa shape index (κ3) is 3.95. The number of pyridine rings is 1. The number of aromatic nitrogens is 2. The molecule has 0 radical (unpaired) electrons. The Kier molecular flexibility index (Phi) is 5.07. The number of hydrogen-bond donors (Lipinski definition) is 1. The van der Waals surface area contributed by atoms with Crippen molar-refractivity contribution in [3.63, 3.8) is 0 Å². The second kappa shape index (κ2) is 7.80. The molecular formula is C21H24N4O2. The molecule has 2 aromatic heterocycles. The van der Waals surface area contributed by atoms with Crippen LogP contribution in [0.15, 0.2) is 54.9 Å². The van der Waals surface area contributed by atoms with Crippen molar-refractivity contribution in [2.75, 3.05) is 19.6 Å². The van der Waals surface area contributed by atoms with Gasteiger partial charge in [-0.2, -0.15) is 0 Å². The Bertz CT molecular complexity index is 896. The van der Waals surface area contributed by atoms with Gasteiger partial charge in [0, 0.05) is 31.0 Å². The number of ether oxygens (including phenoxy) is 1. The molecule has 27 heavy (non-hydrogen) atoms. The molecule has 140 valence electrons. The number of nitrogens with two attached hydrogens (primary N) is 1. The average molecular weight is 364 g/mol. The molecule has 6 heteroatoms. The van der Waals surface area contributed by atoms with E-state index in [0.717, 1.165) is 37.3 Å². The molecule has 0 spiro atoms. The van der Waals surface area contributed by atoms with Crippen molar-refractivity contribution in [1.82, 2.24) is 14.3 Å². The van der Waals surface area contributed by atoms with E-state index in [1.807, 2.05) is 64.2 Å². The normalized spacial score (nSPS) is 15.2. The predicted molar refractivity (Wildman–Crippen MR) is 104 cm³/mol. The monoisotopic (exact) mass is 364 g/mol. The Morgan fingerprint density at radius 1 is 1.19 bits per heavy atom. The number of likely N-dealkylation sites (tertiary alicyclic amines) is 1. The predicted octanol–water partition coefficient (Wildman–Crippen LogP) is 2.72. The zero-order chi connectivity index (χ0) is 18.6. The summed E-state index contributed by atoms with van der Waals surface area (Å²) in [6, 6.07) is 13.3. The summed E-state index contributed by atoms with van der Waals surface area (Å²) in [5.74, 6) is 1.27. The van der Waals surface area contributed by atoms with E-state index in [1.54, 1.807) is 0 Å². The van der Waals surface area contributed by atoms with Crippen LogP contribution in [0, 0.1) is 5.92 Å². The van der Waals surface area contributed by atoms with E-state index >= 15 is 0 Å². The fourth-order valence-electron chi connectivity index (χ4n) is 3.49. The molecule has 0 bridgehead atoms. The molecule has 1 aliphatic heterocycles. The van der Waals surface area contributed by atoms with Crippen molar-refractivity contribution in [3.05, 3.63) is 66.1 Å². The van der Waals surface area contributed by atoms with Gasteiger partial charge in [-0.15, -0.1) is 0 Å². The van der Waals surface area contributed by atoms with Crippen molar-refractivity contribution in [3.8, 4) is 5.75 Å². The zero-order valence-corrected chi connectivity index (χ0v) is 15.3. The van der Waals surface area contributed by atoms with Gasteiger partial charge in [0.2, 0.25) is 0 Å². The smallest absolute Gasteiger partial charge is 0.253 e. The first-order valence-corrected chi connectivity index (χ1v) is 9.38. The molecule has 1 aliphatic rings. The molecular weight excluding hydrogens is 340 g/mol. The number of hydrogen-bond acceptors (Lipinski definition) is 4. The summed E-state index contributed by atoms with van der Waals surface area (Å²) >= 11 is 0. The van der Waals surface area contributed by atoms with Crippen molar-refractivity contribution < 1.29 is 9.53 Å². The maximum absolute atomic E-state index is 12.8. The molecule has 6 nitrogen and oxygen atoms in total. The third-order valence-corrected chi connectivity index (χ3v) is 5.12. The van der Waals surface area contributed by atoms with Crippen LogP contribution in [-0.2, 0) is 6.61 Å². The lowest BCUT2D eigenvalue weighted by Crippen LogP contribution is -2.40. The Hall–Kier alpha value is -2.86. The van der Waals surface area contributed by atoms with E-state index < -0.39 is 0 Å². The molecule has 1 aromatic carbocycles. The van der Waals surface area contributed by atoms with E-state index in [0.29, 0.717) is 30.4 Å². The zero-order valence-electron chi connectivity index (χ0n) is 15.3. The number of carbonyl (C=O) groups is 1. The van der Waals surface area contributed by atoms with Crippen molar-refractivity contribution >= 4 is 11.6 Å². The van der Waals surface area contributed by atoms with Crippen LogP contribution in [0.2, 0.25) is 0 Å². The van der Waals surface area contributed by atoms with Gasteiger partial charge < -0.3 is 19.8 Å². The largest absolute Gasteiger partial charge is 0.487 e. The van der Waals surface area contributed by atoms with Crippen LogP contribution in [0.1, 0.15) is 28.9 Å². The molecule has 3 aromatic rings. The summed E-state index contributed by atoms with van der Waals surface area (Å²) in [4.78, 5) is 19.2. The third-order valence-electron chi connectivity index (χ3n) is 5.12. The van der Waals surface area contributed by atoms with Crippen LogP contribution in [0.4, 0.5) is 0 Å². The Morgan fingerprint density at radius 2 is 2.04 bits per heavy atom. The van der Waals surface area contributed by atoms with Crippen LogP contribution < -0.4 is 10.5 Å². The molecule has 2 N–H and O–H groups in total. The first kappa shape index (κ1) is 17.5. The summed E-state index contributed by atoms with van der Waals surface area (Å²) in [6.45, 7) is 2.61. The van der Waals surface area contributed by atoms with Gasteiger partial charge in [0.25, 0.3) is 5.91 Å². The van der Waals surface area contributed by atoms with Crippen molar-refractivity contribution in [1.29, 1.82) is 0 Å². The fraction of sp³-hybridized carbons (Fsp3) is 0.333. The van der Waals surface area contributed by atoms with Gasteiger partial charge in [0.1, 0.15) is 18.0 Å². The highest BCUT2D eigenvalue weighted by atomic mass is 16.5. The fourth-order valence-corrected chi connectivity index (χ4v) is 3.49.